The SMILES string of the molecule is CN(CC(=O)Nc1nc2ccc(N)cc2s1)C1CC1. The molecule has 3 N–H and O–H groups in total. The predicted molar refractivity (Wildman–Crippen MR) is 78.3 cm³/mol. The van der Waals surface area contributed by atoms with E-state index >= 15 is 0 Å². The van der Waals surface area contributed by atoms with Gasteiger partial charge in [-0.1, -0.05) is 11.3 Å². The third kappa shape index (κ3) is 2.85. The fraction of sp³-hybridized carbons (Fsp3) is 0.385. The van der Waals surface area contributed by atoms with E-state index in [1.807, 2.05) is 25.2 Å². The lowest BCUT2D eigenvalue weighted by Gasteiger charge is -2.13. The van der Waals surface area contributed by atoms with Crippen LogP contribution in [-0.2, 0) is 4.79 Å². The second-order valence-corrected chi connectivity index (χ2v) is 5.97. The highest BCUT2D eigenvalue weighted by atomic mass is 32.1. The molecular formula is C13H16N4OS. The number of hydrogen-bond acceptors (Lipinski definition) is 5. The van der Waals surface area contributed by atoms with Crippen LogP contribution in [0.3, 0.4) is 0 Å². The number of carbonyl (C=O) groups excluding carboxylic acids is 1. The van der Waals surface area contributed by atoms with Crippen molar-refractivity contribution in [2.24, 2.45) is 0 Å². The fourth-order valence-electron chi connectivity index (χ4n) is 2.02. The second kappa shape index (κ2) is 4.79. The molecule has 6 heteroatoms. The number of nitrogens with two attached hydrogens (primary N) is 1. The van der Waals surface area contributed by atoms with Crippen molar-refractivity contribution in [3.8, 4) is 0 Å². The maximum Gasteiger partial charge on any atom is 0.240 e. The Morgan fingerprint density at radius 3 is 3.11 bits per heavy atom. The summed E-state index contributed by atoms with van der Waals surface area (Å²) in [6.07, 6.45) is 2.40. The molecule has 1 aliphatic carbocycles. The minimum Gasteiger partial charge on any atom is -0.399 e. The number of carbonyl (C=O) groups is 1. The molecule has 5 nitrogen and oxygen atoms in total. The number of thiazole rings is 1. The largest absolute Gasteiger partial charge is 0.399 e. The number of benzene rings is 1. The third-order valence-corrected chi connectivity index (χ3v) is 4.16. The van der Waals surface area contributed by atoms with Gasteiger partial charge < -0.3 is 11.1 Å². The third-order valence-electron chi connectivity index (χ3n) is 3.22. The zero-order valence-electron chi connectivity index (χ0n) is 10.7. The molecule has 1 heterocycles. The highest BCUT2D eigenvalue weighted by molar-refractivity contribution is 7.22. The van der Waals surface area contributed by atoms with Gasteiger partial charge in [-0.05, 0) is 38.1 Å². The first-order chi connectivity index (χ1) is 9.11. The average molecular weight is 276 g/mol. The van der Waals surface area contributed by atoms with Gasteiger partial charge in [0.2, 0.25) is 5.91 Å². The van der Waals surface area contributed by atoms with Crippen LogP contribution in [0.5, 0.6) is 0 Å². The van der Waals surface area contributed by atoms with Gasteiger partial charge in [-0.2, -0.15) is 0 Å². The average Bonchev–Trinajstić information content (AvgIpc) is 3.11. The Labute approximate surface area is 115 Å². The molecule has 1 aromatic heterocycles. The highest BCUT2D eigenvalue weighted by Gasteiger charge is 2.27. The summed E-state index contributed by atoms with van der Waals surface area (Å²) < 4.78 is 0.992. The summed E-state index contributed by atoms with van der Waals surface area (Å²) in [6, 6.07) is 6.14. The van der Waals surface area contributed by atoms with E-state index in [0.717, 1.165) is 10.2 Å². The fourth-order valence-corrected chi connectivity index (χ4v) is 2.95. The summed E-state index contributed by atoms with van der Waals surface area (Å²) in [5, 5.41) is 3.48. The number of fused-ring (bicyclic) bond motifs is 1. The first-order valence-electron chi connectivity index (χ1n) is 6.28. The number of amides is 1. The van der Waals surface area contributed by atoms with E-state index in [9.17, 15) is 4.79 Å². The molecule has 1 aromatic carbocycles. The minimum atomic E-state index is -0.0126. The van der Waals surface area contributed by atoms with Crippen LogP contribution >= 0.6 is 11.3 Å². The van der Waals surface area contributed by atoms with E-state index in [2.05, 4.69) is 15.2 Å². The zero-order chi connectivity index (χ0) is 13.4. The number of nitrogens with one attached hydrogen (secondary N) is 1. The standard InChI is InChI=1S/C13H16N4OS/c1-17(9-3-4-9)7-12(18)16-13-15-10-5-2-8(14)6-11(10)19-13/h2,5-6,9H,3-4,7,14H2,1H3,(H,15,16,18). The van der Waals surface area contributed by atoms with Crippen molar-refractivity contribution >= 4 is 38.3 Å². The topological polar surface area (TPSA) is 71.2 Å². The first kappa shape index (κ1) is 12.4. The number of nitrogens with zero attached hydrogens (tertiary/aromatic N) is 2. The van der Waals surface area contributed by atoms with Gasteiger partial charge in [0.1, 0.15) is 0 Å². The van der Waals surface area contributed by atoms with Crippen LogP contribution in [0, 0.1) is 0 Å². The molecule has 0 bridgehead atoms. The lowest BCUT2D eigenvalue weighted by atomic mass is 10.3. The van der Waals surface area contributed by atoms with Gasteiger partial charge >= 0.3 is 0 Å². The van der Waals surface area contributed by atoms with Crippen LogP contribution in [-0.4, -0.2) is 35.4 Å². The maximum absolute atomic E-state index is 11.9. The molecule has 1 amide bonds. The zero-order valence-corrected chi connectivity index (χ0v) is 11.5. The van der Waals surface area contributed by atoms with Crippen molar-refractivity contribution in [1.82, 2.24) is 9.88 Å². The number of hydrogen-bond donors (Lipinski definition) is 2. The van der Waals surface area contributed by atoms with E-state index < -0.39 is 0 Å². The van der Waals surface area contributed by atoms with E-state index in [1.54, 1.807) is 0 Å². The molecule has 0 spiro atoms. The van der Waals surface area contributed by atoms with Crippen LogP contribution < -0.4 is 11.1 Å². The Balaban J connectivity index is 1.68. The van der Waals surface area contributed by atoms with Crippen LogP contribution in [0.1, 0.15) is 12.8 Å². The van der Waals surface area contributed by atoms with Gasteiger partial charge in [0.25, 0.3) is 0 Å². The molecule has 100 valence electrons. The number of nitrogen functional groups attached to an aromatic ring is 1. The number of aromatic nitrogens is 1. The molecule has 1 saturated carbocycles. The smallest absolute Gasteiger partial charge is 0.240 e. The normalized spacial score (nSPS) is 15.1. The van der Waals surface area contributed by atoms with Crippen molar-refractivity contribution in [3.05, 3.63) is 18.2 Å². The van der Waals surface area contributed by atoms with Gasteiger partial charge in [0.05, 0.1) is 16.8 Å². The number of anilines is 2. The molecule has 1 fully saturated rings. The molecule has 1 aliphatic rings. The monoisotopic (exact) mass is 276 g/mol. The van der Waals surface area contributed by atoms with Crippen LogP contribution in [0.15, 0.2) is 18.2 Å². The molecule has 0 aliphatic heterocycles. The lowest BCUT2D eigenvalue weighted by Crippen LogP contribution is -2.31. The van der Waals surface area contributed by atoms with Gasteiger partial charge in [-0.25, -0.2) is 4.98 Å². The van der Waals surface area contributed by atoms with Gasteiger partial charge in [0, 0.05) is 11.7 Å². The molecule has 0 radical (unpaired) electrons. The van der Waals surface area contributed by atoms with Crippen LogP contribution in [0.25, 0.3) is 10.2 Å². The van der Waals surface area contributed by atoms with E-state index in [0.29, 0.717) is 23.4 Å². The molecule has 3 rings (SSSR count). The molecule has 19 heavy (non-hydrogen) atoms. The number of rotatable bonds is 4. The summed E-state index contributed by atoms with van der Waals surface area (Å²) in [4.78, 5) is 18.3. The van der Waals surface area contributed by atoms with Crippen molar-refractivity contribution in [1.29, 1.82) is 0 Å². The van der Waals surface area contributed by atoms with Crippen molar-refractivity contribution < 1.29 is 4.79 Å². The minimum absolute atomic E-state index is 0.0126. The van der Waals surface area contributed by atoms with Crippen molar-refractivity contribution in [2.75, 3.05) is 24.6 Å². The van der Waals surface area contributed by atoms with Gasteiger partial charge in [-0.15, -0.1) is 0 Å². The summed E-state index contributed by atoms with van der Waals surface area (Å²) >= 11 is 1.45. The van der Waals surface area contributed by atoms with E-state index in [-0.39, 0.29) is 5.91 Å². The quantitative estimate of drug-likeness (QED) is 0.837. The Morgan fingerprint density at radius 2 is 2.37 bits per heavy atom. The molecule has 2 aromatic rings. The van der Waals surface area contributed by atoms with Crippen molar-refractivity contribution in [2.45, 2.75) is 18.9 Å². The highest BCUT2D eigenvalue weighted by Crippen LogP contribution is 2.28. The maximum atomic E-state index is 11.9. The van der Waals surface area contributed by atoms with Gasteiger partial charge in [-0.3, -0.25) is 9.69 Å². The Morgan fingerprint density at radius 1 is 1.58 bits per heavy atom. The Bertz CT molecular complexity index is 620. The molecule has 0 unspecified atom stereocenters. The molecular weight excluding hydrogens is 260 g/mol. The Kier molecular flexibility index (Phi) is 3.12. The summed E-state index contributed by atoms with van der Waals surface area (Å²) in [6.45, 7) is 0.419. The number of likely N-dealkylation sites (N-methyl/N-ethyl adjacent to an activating group) is 1. The second-order valence-electron chi connectivity index (χ2n) is 4.94. The summed E-state index contributed by atoms with van der Waals surface area (Å²) in [5.74, 6) is -0.0126. The van der Waals surface area contributed by atoms with Crippen molar-refractivity contribution in [3.63, 3.8) is 0 Å². The molecule has 0 saturated heterocycles. The summed E-state index contributed by atoms with van der Waals surface area (Å²) in [7, 11) is 1.98. The van der Waals surface area contributed by atoms with Crippen LogP contribution in [0.2, 0.25) is 0 Å². The van der Waals surface area contributed by atoms with Crippen LogP contribution in [0.4, 0.5) is 10.8 Å². The lowest BCUT2D eigenvalue weighted by molar-refractivity contribution is -0.117. The van der Waals surface area contributed by atoms with E-state index in [4.69, 9.17) is 5.73 Å². The predicted octanol–water partition coefficient (Wildman–Crippen LogP) is 1.91. The summed E-state index contributed by atoms with van der Waals surface area (Å²) in [5.41, 5.74) is 7.30. The van der Waals surface area contributed by atoms with Gasteiger partial charge in [0.15, 0.2) is 5.13 Å². The Hall–Kier alpha value is -1.66. The van der Waals surface area contributed by atoms with E-state index in [1.165, 1.54) is 24.2 Å². The molecule has 0 atom stereocenters. The first-order valence-corrected chi connectivity index (χ1v) is 7.09.